The van der Waals surface area contributed by atoms with Crippen LogP contribution in [0.3, 0.4) is 0 Å². The van der Waals surface area contributed by atoms with Crippen molar-refractivity contribution >= 4 is 17.3 Å². The van der Waals surface area contributed by atoms with E-state index in [9.17, 15) is 10.4 Å². The Labute approximate surface area is 201 Å². The van der Waals surface area contributed by atoms with Crippen molar-refractivity contribution in [3.05, 3.63) is 53.7 Å². The van der Waals surface area contributed by atoms with E-state index < -0.39 is 0 Å². The first-order chi connectivity index (χ1) is 17.1. The molecule has 0 saturated carbocycles. The summed E-state index contributed by atoms with van der Waals surface area (Å²) in [5.41, 5.74) is 3.25. The third-order valence-corrected chi connectivity index (χ3v) is 5.83. The summed E-state index contributed by atoms with van der Waals surface area (Å²) >= 11 is 0. The zero-order valence-electron chi connectivity index (χ0n) is 19.4. The van der Waals surface area contributed by atoms with E-state index in [4.69, 9.17) is 5.10 Å². The monoisotopic (exact) mass is 469 g/mol. The summed E-state index contributed by atoms with van der Waals surface area (Å²) < 4.78 is 2.79. The molecule has 3 aromatic heterocycles. The first-order valence-electron chi connectivity index (χ1n) is 11.2. The van der Waals surface area contributed by atoms with Gasteiger partial charge in [-0.15, -0.1) is 15.3 Å². The molecule has 0 unspecified atom stereocenters. The van der Waals surface area contributed by atoms with Gasteiger partial charge < -0.3 is 10.0 Å². The minimum absolute atomic E-state index is 0.133. The molecule has 1 saturated heterocycles. The third kappa shape index (κ3) is 4.19. The van der Waals surface area contributed by atoms with Gasteiger partial charge >= 0.3 is 0 Å². The van der Waals surface area contributed by atoms with Gasteiger partial charge in [0, 0.05) is 13.1 Å². The van der Waals surface area contributed by atoms with Crippen molar-refractivity contribution in [3.63, 3.8) is 0 Å². The highest BCUT2D eigenvalue weighted by Crippen LogP contribution is 2.41. The fourth-order valence-corrected chi connectivity index (χ4v) is 4.11. The molecule has 1 aliphatic heterocycles. The molecule has 1 aromatic carbocycles. The number of hydrogen-bond donors (Lipinski definition) is 1. The second-order valence-corrected chi connectivity index (χ2v) is 8.29. The molecule has 0 bridgehead atoms. The third-order valence-electron chi connectivity index (χ3n) is 5.83. The number of nitrogens with zero attached hydrogens (tertiary/aromatic N) is 11. The second-order valence-electron chi connectivity index (χ2n) is 8.29. The Kier molecular flexibility index (Phi) is 5.88. The minimum Gasteiger partial charge on any atom is -0.492 e. The lowest BCUT2D eigenvalue weighted by atomic mass is 10.1. The fraction of sp³-hybridized carbons (Fsp3) is 0.304. The Balaban J connectivity index is 1.63. The number of aromatic hydroxyl groups is 1. The van der Waals surface area contributed by atoms with Gasteiger partial charge in [-0.2, -0.15) is 29.7 Å². The predicted octanol–water partition coefficient (Wildman–Crippen LogP) is 3.84. The summed E-state index contributed by atoms with van der Waals surface area (Å²) in [5, 5.41) is 38.4. The van der Waals surface area contributed by atoms with Crippen LogP contribution in [0.15, 0.2) is 47.3 Å². The first kappa shape index (κ1) is 22.1. The smallest absolute Gasteiger partial charge is 0.255 e. The maximum absolute atomic E-state index is 11.2. The molecule has 0 aliphatic carbocycles. The van der Waals surface area contributed by atoms with Crippen LogP contribution in [0.5, 0.6) is 5.88 Å². The van der Waals surface area contributed by atoms with Gasteiger partial charge in [-0.3, -0.25) is 0 Å². The average molecular weight is 470 g/mol. The topological polar surface area (TPSA) is 146 Å². The number of benzene rings is 1. The standard InChI is InChI=1S/C23H23N11O/c1-15-6-7-18(16(2)10-15)33-22(35)19(21(31-33)32-8-4-3-5-9-32)29-30-20-17(11-24)12-28-34(20)23-26-13-25-14-27-23/h6-7,10,12-14,35H,3-5,8-9H2,1-2H3. The summed E-state index contributed by atoms with van der Waals surface area (Å²) in [6.45, 7) is 5.59. The molecule has 4 heterocycles. The molecule has 0 spiro atoms. The van der Waals surface area contributed by atoms with Crippen LogP contribution in [0.2, 0.25) is 0 Å². The molecule has 0 atom stereocenters. The lowest BCUT2D eigenvalue weighted by molar-refractivity contribution is 0.434. The van der Waals surface area contributed by atoms with E-state index in [0.29, 0.717) is 5.82 Å². The van der Waals surface area contributed by atoms with Crippen LogP contribution in [0.25, 0.3) is 11.6 Å². The number of piperidine rings is 1. The second kappa shape index (κ2) is 9.30. The zero-order valence-corrected chi connectivity index (χ0v) is 19.4. The van der Waals surface area contributed by atoms with Crippen LogP contribution in [0.4, 0.5) is 17.3 Å². The van der Waals surface area contributed by atoms with Gasteiger partial charge in [-0.05, 0) is 44.7 Å². The number of aromatic nitrogens is 7. The Morgan fingerprint density at radius 3 is 2.51 bits per heavy atom. The van der Waals surface area contributed by atoms with Crippen LogP contribution in [0.1, 0.15) is 36.0 Å². The molecule has 12 nitrogen and oxygen atoms in total. The summed E-state index contributed by atoms with van der Waals surface area (Å²) in [5.74, 6) is 0.741. The molecule has 35 heavy (non-hydrogen) atoms. The van der Waals surface area contributed by atoms with Gasteiger partial charge in [0.05, 0.1) is 11.9 Å². The number of aryl methyl sites for hydroxylation is 2. The molecule has 4 aromatic rings. The van der Waals surface area contributed by atoms with E-state index in [2.05, 4.69) is 41.2 Å². The van der Waals surface area contributed by atoms with Crippen LogP contribution in [0, 0.1) is 25.2 Å². The highest BCUT2D eigenvalue weighted by molar-refractivity contribution is 5.70. The molecular formula is C23H23N11O. The van der Waals surface area contributed by atoms with Crippen LogP contribution in [-0.2, 0) is 0 Å². The van der Waals surface area contributed by atoms with E-state index >= 15 is 0 Å². The summed E-state index contributed by atoms with van der Waals surface area (Å²) in [4.78, 5) is 14.1. The van der Waals surface area contributed by atoms with Crippen LogP contribution < -0.4 is 4.90 Å². The lowest BCUT2D eigenvalue weighted by Gasteiger charge is -2.26. The van der Waals surface area contributed by atoms with Crippen molar-refractivity contribution in [2.75, 3.05) is 18.0 Å². The van der Waals surface area contributed by atoms with Gasteiger partial charge in [0.25, 0.3) is 5.95 Å². The number of rotatable bonds is 5. The number of nitriles is 1. The van der Waals surface area contributed by atoms with Gasteiger partial charge in [0.2, 0.25) is 5.88 Å². The van der Waals surface area contributed by atoms with Gasteiger partial charge in [-0.1, -0.05) is 17.7 Å². The summed E-state index contributed by atoms with van der Waals surface area (Å²) in [6.07, 6.45) is 7.21. The molecule has 1 fully saturated rings. The molecule has 5 rings (SSSR count). The quantitative estimate of drug-likeness (QED) is 0.434. The number of hydrogen-bond acceptors (Lipinski definition) is 10. The van der Waals surface area contributed by atoms with Crippen molar-refractivity contribution in [2.45, 2.75) is 33.1 Å². The van der Waals surface area contributed by atoms with Gasteiger partial charge in [0.1, 0.15) is 24.3 Å². The van der Waals surface area contributed by atoms with Gasteiger partial charge in [-0.25, -0.2) is 4.98 Å². The molecule has 0 radical (unpaired) electrons. The SMILES string of the molecule is Cc1ccc(-n2nc(N3CCCCC3)c(N=Nc3c(C#N)cnn3-c3ncncn3)c2O)c(C)c1. The Hall–Kier alpha value is -4.66. The van der Waals surface area contributed by atoms with Crippen molar-refractivity contribution < 1.29 is 5.11 Å². The average Bonchev–Trinajstić information content (AvgIpc) is 3.44. The van der Waals surface area contributed by atoms with Crippen molar-refractivity contribution in [1.29, 1.82) is 5.26 Å². The zero-order chi connectivity index (χ0) is 24.4. The fourth-order valence-electron chi connectivity index (χ4n) is 4.11. The maximum atomic E-state index is 11.2. The number of anilines is 1. The summed E-state index contributed by atoms with van der Waals surface area (Å²) in [6, 6.07) is 7.98. The molecule has 1 N–H and O–H groups in total. The van der Waals surface area contributed by atoms with E-state index in [0.717, 1.165) is 49.2 Å². The number of azo groups is 1. The van der Waals surface area contributed by atoms with E-state index in [1.54, 1.807) is 0 Å². The van der Waals surface area contributed by atoms with E-state index in [1.807, 2.05) is 32.0 Å². The van der Waals surface area contributed by atoms with Crippen LogP contribution >= 0.6 is 0 Å². The molecular weight excluding hydrogens is 446 g/mol. The minimum atomic E-state index is -0.133. The normalized spacial score (nSPS) is 13.9. The Morgan fingerprint density at radius 1 is 1.03 bits per heavy atom. The van der Waals surface area contributed by atoms with E-state index in [-0.39, 0.29) is 28.9 Å². The molecule has 0 amide bonds. The Bertz CT molecular complexity index is 1430. The van der Waals surface area contributed by atoms with Crippen LogP contribution in [-0.4, -0.2) is 52.7 Å². The molecule has 176 valence electrons. The van der Waals surface area contributed by atoms with Crippen molar-refractivity contribution in [1.82, 2.24) is 34.5 Å². The highest BCUT2D eigenvalue weighted by atomic mass is 16.3. The van der Waals surface area contributed by atoms with E-state index in [1.165, 1.54) is 28.2 Å². The largest absolute Gasteiger partial charge is 0.492 e. The predicted molar refractivity (Wildman–Crippen MR) is 127 cm³/mol. The van der Waals surface area contributed by atoms with Crippen molar-refractivity contribution in [3.8, 4) is 23.6 Å². The van der Waals surface area contributed by atoms with Crippen molar-refractivity contribution in [2.24, 2.45) is 10.2 Å². The first-order valence-corrected chi connectivity index (χ1v) is 11.2. The van der Waals surface area contributed by atoms with Gasteiger partial charge in [0.15, 0.2) is 17.3 Å². The summed E-state index contributed by atoms with van der Waals surface area (Å²) in [7, 11) is 0. The molecule has 12 heteroatoms. The Morgan fingerprint density at radius 2 is 1.80 bits per heavy atom. The lowest BCUT2D eigenvalue weighted by Crippen LogP contribution is -2.29. The highest BCUT2D eigenvalue weighted by Gasteiger charge is 2.26. The molecule has 1 aliphatic rings. The maximum Gasteiger partial charge on any atom is 0.255 e.